The van der Waals surface area contributed by atoms with Gasteiger partial charge in [-0.3, -0.25) is 4.99 Å². The van der Waals surface area contributed by atoms with Crippen LogP contribution >= 0.6 is 0 Å². The van der Waals surface area contributed by atoms with Gasteiger partial charge in [-0.1, -0.05) is 43.2 Å². The summed E-state index contributed by atoms with van der Waals surface area (Å²) >= 11 is 0. The van der Waals surface area contributed by atoms with Crippen molar-refractivity contribution < 1.29 is 9.84 Å². The molecular weight excluding hydrogens is 326 g/mol. The Kier molecular flexibility index (Phi) is 8.92. The Morgan fingerprint density at radius 1 is 1.23 bits per heavy atom. The van der Waals surface area contributed by atoms with Crippen LogP contribution in [0.5, 0.6) is 0 Å². The Bertz CT molecular complexity index is 527. The average molecular weight is 362 g/mol. The number of methoxy groups -OCH3 is 1. The number of nitrogens with one attached hydrogen (secondary N) is 2. The van der Waals surface area contributed by atoms with Gasteiger partial charge in [-0.2, -0.15) is 0 Å². The molecule has 1 aromatic rings. The van der Waals surface area contributed by atoms with Gasteiger partial charge in [0.15, 0.2) is 5.96 Å². The van der Waals surface area contributed by atoms with Crippen molar-refractivity contribution in [2.45, 2.75) is 44.9 Å². The van der Waals surface area contributed by atoms with E-state index in [0.29, 0.717) is 6.54 Å². The van der Waals surface area contributed by atoms with E-state index in [2.05, 4.69) is 29.7 Å². The minimum Gasteiger partial charge on any atom is -0.396 e. The van der Waals surface area contributed by atoms with Gasteiger partial charge in [0.1, 0.15) is 0 Å². The minimum atomic E-state index is 0.0639. The van der Waals surface area contributed by atoms with Gasteiger partial charge in [-0.05, 0) is 37.2 Å². The van der Waals surface area contributed by atoms with E-state index in [0.717, 1.165) is 37.6 Å². The summed E-state index contributed by atoms with van der Waals surface area (Å²) in [5, 5.41) is 16.5. The smallest absolute Gasteiger partial charge is 0.191 e. The van der Waals surface area contributed by atoms with Crippen molar-refractivity contribution in [2.75, 3.05) is 40.0 Å². The SMILES string of the molecule is CCNC(=NCC1(CCOC)CCCC1)NCC(CO)c1ccccc1. The standard InChI is InChI=1S/C21H35N3O2/c1-3-22-20(23-15-19(16-25)18-9-5-4-6-10-18)24-17-21(13-14-26-2)11-7-8-12-21/h4-6,9-10,19,25H,3,7-8,11-17H2,1-2H3,(H2,22,23,24). The van der Waals surface area contributed by atoms with E-state index in [1.807, 2.05) is 18.2 Å². The fourth-order valence-corrected chi connectivity index (χ4v) is 3.75. The Morgan fingerprint density at radius 2 is 1.96 bits per heavy atom. The first-order valence-corrected chi connectivity index (χ1v) is 9.90. The zero-order valence-corrected chi connectivity index (χ0v) is 16.3. The number of nitrogens with zero attached hydrogens (tertiary/aromatic N) is 1. The largest absolute Gasteiger partial charge is 0.396 e. The van der Waals surface area contributed by atoms with E-state index in [1.165, 1.54) is 25.7 Å². The molecule has 0 saturated heterocycles. The molecule has 0 amide bonds. The summed E-state index contributed by atoms with van der Waals surface area (Å²) in [6.45, 7) is 5.33. The maximum Gasteiger partial charge on any atom is 0.191 e. The maximum absolute atomic E-state index is 9.75. The third-order valence-electron chi connectivity index (χ3n) is 5.42. The summed E-state index contributed by atoms with van der Waals surface area (Å²) in [6, 6.07) is 10.1. The summed E-state index contributed by atoms with van der Waals surface area (Å²) in [4.78, 5) is 4.88. The minimum absolute atomic E-state index is 0.0639. The van der Waals surface area contributed by atoms with Crippen LogP contribution in [0.1, 0.15) is 50.5 Å². The van der Waals surface area contributed by atoms with Gasteiger partial charge in [0.25, 0.3) is 0 Å². The molecule has 0 aliphatic heterocycles. The molecule has 146 valence electrons. The van der Waals surface area contributed by atoms with Crippen LogP contribution in [-0.4, -0.2) is 51.0 Å². The molecule has 0 aromatic heterocycles. The van der Waals surface area contributed by atoms with E-state index in [1.54, 1.807) is 7.11 Å². The van der Waals surface area contributed by atoms with Crippen molar-refractivity contribution in [1.29, 1.82) is 0 Å². The highest BCUT2D eigenvalue weighted by Gasteiger charge is 2.33. The van der Waals surface area contributed by atoms with Crippen molar-refractivity contribution in [3.05, 3.63) is 35.9 Å². The van der Waals surface area contributed by atoms with E-state index in [-0.39, 0.29) is 17.9 Å². The molecule has 3 N–H and O–H groups in total. The third kappa shape index (κ3) is 6.29. The van der Waals surface area contributed by atoms with Gasteiger partial charge in [0, 0.05) is 39.3 Å². The fraction of sp³-hybridized carbons (Fsp3) is 0.667. The van der Waals surface area contributed by atoms with Crippen LogP contribution in [-0.2, 0) is 4.74 Å². The summed E-state index contributed by atoms with van der Waals surface area (Å²) in [5.74, 6) is 0.902. The number of ether oxygens (including phenoxy) is 1. The molecule has 1 atom stereocenters. The number of hydrogen-bond donors (Lipinski definition) is 3. The highest BCUT2D eigenvalue weighted by molar-refractivity contribution is 5.79. The van der Waals surface area contributed by atoms with Crippen molar-refractivity contribution in [1.82, 2.24) is 10.6 Å². The molecule has 1 saturated carbocycles. The summed E-state index contributed by atoms with van der Waals surface area (Å²) in [7, 11) is 1.77. The van der Waals surface area contributed by atoms with E-state index >= 15 is 0 Å². The molecule has 5 nitrogen and oxygen atoms in total. The summed E-state index contributed by atoms with van der Waals surface area (Å²) < 4.78 is 5.32. The fourth-order valence-electron chi connectivity index (χ4n) is 3.75. The predicted octanol–water partition coefficient (Wildman–Crippen LogP) is 2.91. The molecule has 0 bridgehead atoms. The molecular formula is C21H35N3O2. The molecule has 1 aromatic carbocycles. The lowest BCUT2D eigenvalue weighted by Crippen LogP contribution is -2.40. The van der Waals surface area contributed by atoms with Crippen molar-refractivity contribution >= 4 is 5.96 Å². The predicted molar refractivity (Wildman–Crippen MR) is 108 cm³/mol. The first-order chi connectivity index (χ1) is 12.7. The Morgan fingerprint density at radius 3 is 2.58 bits per heavy atom. The van der Waals surface area contributed by atoms with Crippen molar-refractivity contribution in [2.24, 2.45) is 10.4 Å². The zero-order chi connectivity index (χ0) is 18.7. The average Bonchev–Trinajstić information content (AvgIpc) is 3.15. The molecule has 2 rings (SSSR count). The quantitative estimate of drug-likeness (QED) is 0.443. The molecule has 26 heavy (non-hydrogen) atoms. The second kappa shape index (κ2) is 11.2. The van der Waals surface area contributed by atoms with Crippen LogP contribution in [0.15, 0.2) is 35.3 Å². The third-order valence-corrected chi connectivity index (χ3v) is 5.42. The summed E-state index contributed by atoms with van der Waals surface area (Å²) in [6.07, 6.45) is 6.15. The van der Waals surface area contributed by atoms with Crippen molar-refractivity contribution in [3.63, 3.8) is 0 Å². The van der Waals surface area contributed by atoms with Crippen LogP contribution < -0.4 is 10.6 Å². The lowest BCUT2D eigenvalue weighted by Gasteiger charge is -2.27. The lowest BCUT2D eigenvalue weighted by atomic mass is 9.83. The number of guanidine groups is 1. The topological polar surface area (TPSA) is 65.9 Å². The van der Waals surface area contributed by atoms with Crippen LogP contribution in [0.4, 0.5) is 0 Å². The highest BCUT2D eigenvalue weighted by Crippen LogP contribution is 2.41. The van der Waals surface area contributed by atoms with E-state index < -0.39 is 0 Å². The number of rotatable bonds is 10. The number of hydrogen-bond acceptors (Lipinski definition) is 3. The summed E-state index contributed by atoms with van der Waals surface area (Å²) in [5.41, 5.74) is 1.43. The van der Waals surface area contributed by atoms with Gasteiger partial charge in [-0.25, -0.2) is 0 Å². The Labute approximate surface area is 158 Å². The van der Waals surface area contributed by atoms with E-state index in [4.69, 9.17) is 9.73 Å². The van der Waals surface area contributed by atoms with Crippen LogP contribution in [0.2, 0.25) is 0 Å². The normalized spacial score (nSPS) is 17.9. The number of aliphatic hydroxyl groups is 1. The molecule has 0 radical (unpaired) electrons. The van der Waals surface area contributed by atoms with Crippen LogP contribution in [0.25, 0.3) is 0 Å². The molecule has 0 spiro atoms. The zero-order valence-electron chi connectivity index (χ0n) is 16.3. The molecule has 1 aliphatic carbocycles. The second-order valence-corrected chi connectivity index (χ2v) is 7.32. The number of aliphatic imine (C=N–C) groups is 1. The molecule has 5 heteroatoms. The van der Waals surface area contributed by atoms with Gasteiger partial charge < -0.3 is 20.5 Å². The van der Waals surface area contributed by atoms with Gasteiger partial charge in [-0.15, -0.1) is 0 Å². The maximum atomic E-state index is 9.75. The first-order valence-electron chi connectivity index (χ1n) is 9.90. The Hall–Kier alpha value is -1.59. The van der Waals surface area contributed by atoms with Gasteiger partial charge in [0.2, 0.25) is 0 Å². The molecule has 1 aliphatic rings. The molecule has 0 heterocycles. The second-order valence-electron chi connectivity index (χ2n) is 7.32. The van der Waals surface area contributed by atoms with Gasteiger partial charge in [0.05, 0.1) is 6.61 Å². The number of benzene rings is 1. The van der Waals surface area contributed by atoms with Crippen molar-refractivity contribution in [3.8, 4) is 0 Å². The van der Waals surface area contributed by atoms with Crippen LogP contribution in [0.3, 0.4) is 0 Å². The highest BCUT2D eigenvalue weighted by atomic mass is 16.5. The van der Waals surface area contributed by atoms with Crippen LogP contribution in [0, 0.1) is 5.41 Å². The Balaban J connectivity index is 1.97. The van der Waals surface area contributed by atoms with Gasteiger partial charge >= 0.3 is 0 Å². The monoisotopic (exact) mass is 361 g/mol. The molecule has 1 fully saturated rings. The number of aliphatic hydroxyl groups excluding tert-OH is 1. The lowest BCUT2D eigenvalue weighted by molar-refractivity contribution is 0.141. The van der Waals surface area contributed by atoms with E-state index in [9.17, 15) is 5.11 Å². The first kappa shape index (κ1) is 20.7. The molecule has 1 unspecified atom stereocenters.